The molecule has 0 radical (unpaired) electrons. The van der Waals surface area contributed by atoms with Gasteiger partial charge in [-0.25, -0.2) is 4.39 Å². The number of nitrogens with one attached hydrogen (secondary N) is 1. The molecule has 0 bridgehead atoms. The summed E-state index contributed by atoms with van der Waals surface area (Å²) >= 11 is 0. The van der Waals surface area contributed by atoms with Gasteiger partial charge in [-0.1, -0.05) is 6.07 Å². The first kappa shape index (κ1) is 13.0. The summed E-state index contributed by atoms with van der Waals surface area (Å²) in [6.45, 7) is 4.53. The van der Waals surface area contributed by atoms with Crippen molar-refractivity contribution in [2.45, 2.75) is 32.7 Å². The number of nitrogens with two attached hydrogens (primary N) is 1. The molecule has 1 aromatic carbocycles. The number of amides is 1. The van der Waals surface area contributed by atoms with E-state index in [0.29, 0.717) is 5.56 Å². The van der Waals surface area contributed by atoms with Crippen LogP contribution in [0.5, 0.6) is 0 Å². The lowest BCUT2D eigenvalue weighted by Crippen LogP contribution is -2.41. The van der Waals surface area contributed by atoms with Gasteiger partial charge in [0.15, 0.2) is 0 Å². The summed E-state index contributed by atoms with van der Waals surface area (Å²) in [5.41, 5.74) is 7.77. The predicted molar refractivity (Wildman–Crippen MR) is 68.5 cm³/mol. The number of primary amides is 1. The van der Waals surface area contributed by atoms with E-state index in [1.165, 1.54) is 6.07 Å². The number of piperidine rings is 1. The molecule has 1 aromatic rings. The molecule has 2 atom stereocenters. The summed E-state index contributed by atoms with van der Waals surface area (Å²) < 4.78 is 14.1. The fraction of sp³-hybridized carbons (Fsp3) is 0.500. The van der Waals surface area contributed by atoms with Crippen LogP contribution in [-0.4, -0.2) is 12.5 Å². The number of halogens is 1. The van der Waals surface area contributed by atoms with Gasteiger partial charge >= 0.3 is 0 Å². The molecule has 1 fully saturated rings. The van der Waals surface area contributed by atoms with Crippen LogP contribution in [-0.2, 0) is 4.79 Å². The second kappa shape index (κ2) is 5.06. The van der Waals surface area contributed by atoms with Gasteiger partial charge < -0.3 is 11.1 Å². The molecular formula is C14H19FN2O. The van der Waals surface area contributed by atoms with Crippen molar-refractivity contribution in [2.75, 3.05) is 6.54 Å². The lowest BCUT2D eigenvalue weighted by molar-refractivity contribution is -0.123. The van der Waals surface area contributed by atoms with E-state index in [1.54, 1.807) is 0 Å². The quantitative estimate of drug-likeness (QED) is 0.843. The summed E-state index contributed by atoms with van der Waals surface area (Å²) in [6, 6.07) is 3.15. The third kappa shape index (κ3) is 2.38. The molecule has 98 valence electrons. The Hall–Kier alpha value is -1.42. The van der Waals surface area contributed by atoms with E-state index < -0.39 is 0 Å². The number of carbonyl (C=O) groups excluding carboxylic acids is 1. The number of benzene rings is 1. The van der Waals surface area contributed by atoms with Crippen LogP contribution in [0.1, 0.15) is 35.6 Å². The van der Waals surface area contributed by atoms with Gasteiger partial charge in [0.05, 0.1) is 5.92 Å². The molecule has 4 heteroatoms. The van der Waals surface area contributed by atoms with Crippen LogP contribution in [0.25, 0.3) is 0 Å². The van der Waals surface area contributed by atoms with E-state index in [-0.39, 0.29) is 23.7 Å². The largest absolute Gasteiger partial charge is 0.369 e. The number of hydrogen-bond acceptors (Lipinski definition) is 2. The zero-order valence-corrected chi connectivity index (χ0v) is 10.8. The van der Waals surface area contributed by atoms with Crippen molar-refractivity contribution in [3.8, 4) is 0 Å². The number of rotatable bonds is 2. The van der Waals surface area contributed by atoms with Crippen LogP contribution in [0, 0.1) is 25.6 Å². The molecule has 2 rings (SSSR count). The highest BCUT2D eigenvalue weighted by molar-refractivity contribution is 5.78. The van der Waals surface area contributed by atoms with Gasteiger partial charge in [0.1, 0.15) is 5.82 Å². The van der Waals surface area contributed by atoms with Crippen LogP contribution in [0.2, 0.25) is 0 Å². The molecule has 1 amide bonds. The first-order chi connectivity index (χ1) is 8.50. The third-order valence-electron chi connectivity index (χ3n) is 3.62. The van der Waals surface area contributed by atoms with Crippen molar-refractivity contribution in [1.29, 1.82) is 0 Å². The van der Waals surface area contributed by atoms with Gasteiger partial charge in [-0.2, -0.15) is 0 Å². The van der Waals surface area contributed by atoms with Gasteiger partial charge in [-0.05, 0) is 50.4 Å². The molecule has 1 saturated heterocycles. The Labute approximate surface area is 107 Å². The Balaban J connectivity index is 2.43. The topological polar surface area (TPSA) is 55.1 Å². The van der Waals surface area contributed by atoms with Crippen LogP contribution in [0.15, 0.2) is 12.1 Å². The average molecular weight is 250 g/mol. The average Bonchev–Trinajstić information content (AvgIpc) is 2.28. The van der Waals surface area contributed by atoms with Gasteiger partial charge in [0.25, 0.3) is 0 Å². The Bertz CT molecular complexity index is 450. The van der Waals surface area contributed by atoms with Crippen LogP contribution >= 0.6 is 0 Å². The first-order valence-electron chi connectivity index (χ1n) is 6.30. The summed E-state index contributed by atoms with van der Waals surface area (Å²) in [6.07, 6.45) is 1.62. The standard InChI is InChI=1S/C14H19FN2O/c1-8-6-9(2)12(11(15)7-8)13-10(14(16)18)4-3-5-17-13/h6-7,10,13,17H,3-5H2,1-2H3,(H2,16,18). The van der Waals surface area contributed by atoms with Crippen LogP contribution in [0.4, 0.5) is 4.39 Å². The Morgan fingerprint density at radius 3 is 2.78 bits per heavy atom. The fourth-order valence-corrected chi connectivity index (χ4v) is 2.82. The summed E-state index contributed by atoms with van der Waals surface area (Å²) in [4.78, 5) is 11.5. The highest BCUT2D eigenvalue weighted by Gasteiger charge is 2.32. The molecule has 0 spiro atoms. The molecule has 2 unspecified atom stereocenters. The van der Waals surface area contributed by atoms with Crippen molar-refractivity contribution in [2.24, 2.45) is 11.7 Å². The highest BCUT2D eigenvalue weighted by Crippen LogP contribution is 2.33. The molecular weight excluding hydrogens is 231 g/mol. The zero-order valence-electron chi connectivity index (χ0n) is 10.8. The Morgan fingerprint density at radius 1 is 1.44 bits per heavy atom. The molecule has 0 saturated carbocycles. The van der Waals surface area contributed by atoms with E-state index in [1.807, 2.05) is 19.9 Å². The SMILES string of the molecule is Cc1cc(C)c(C2NCCCC2C(N)=O)c(F)c1. The molecule has 1 aliphatic rings. The molecule has 0 aromatic heterocycles. The maximum Gasteiger partial charge on any atom is 0.222 e. The highest BCUT2D eigenvalue weighted by atomic mass is 19.1. The zero-order chi connectivity index (χ0) is 13.3. The molecule has 1 heterocycles. The first-order valence-corrected chi connectivity index (χ1v) is 6.30. The van der Waals surface area contributed by atoms with Crippen LogP contribution in [0.3, 0.4) is 0 Å². The smallest absolute Gasteiger partial charge is 0.222 e. The summed E-state index contributed by atoms with van der Waals surface area (Å²) in [5, 5.41) is 3.23. The molecule has 3 N–H and O–H groups in total. The number of aryl methyl sites for hydroxylation is 2. The van der Waals surface area contributed by atoms with E-state index in [9.17, 15) is 9.18 Å². The molecule has 18 heavy (non-hydrogen) atoms. The maximum absolute atomic E-state index is 14.1. The summed E-state index contributed by atoms with van der Waals surface area (Å²) in [7, 11) is 0. The van der Waals surface area contributed by atoms with E-state index in [4.69, 9.17) is 5.73 Å². The normalized spacial score (nSPS) is 23.9. The molecule has 0 aliphatic carbocycles. The minimum atomic E-state index is -0.355. The van der Waals surface area contributed by atoms with E-state index in [0.717, 1.165) is 30.5 Å². The van der Waals surface area contributed by atoms with Crippen LogP contribution < -0.4 is 11.1 Å². The van der Waals surface area contributed by atoms with E-state index in [2.05, 4.69) is 5.32 Å². The fourth-order valence-electron chi connectivity index (χ4n) is 2.82. The second-order valence-electron chi connectivity index (χ2n) is 5.06. The predicted octanol–water partition coefficient (Wildman–Crippen LogP) is 1.97. The number of carbonyl (C=O) groups is 1. The molecule has 1 aliphatic heterocycles. The Morgan fingerprint density at radius 2 is 2.17 bits per heavy atom. The van der Waals surface area contributed by atoms with Crippen molar-refractivity contribution in [1.82, 2.24) is 5.32 Å². The Kier molecular flexibility index (Phi) is 3.66. The minimum absolute atomic E-state index is 0.252. The summed E-state index contributed by atoms with van der Waals surface area (Å²) in [5.74, 6) is -0.931. The monoisotopic (exact) mass is 250 g/mol. The van der Waals surface area contributed by atoms with Crippen molar-refractivity contribution in [3.63, 3.8) is 0 Å². The minimum Gasteiger partial charge on any atom is -0.369 e. The van der Waals surface area contributed by atoms with E-state index >= 15 is 0 Å². The van der Waals surface area contributed by atoms with Gasteiger partial charge in [-0.15, -0.1) is 0 Å². The maximum atomic E-state index is 14.1. The van der Waals surface area contributed by atoms with Gasteiger partial charge in [0, 0.05) is 11.6 Å². The van der Waals surface area contributed by atoms with Crippen molar-refractivity contribution >= 4 is 5.91 Å². The van der Waals surface area contributed by atoms with Crippen molar-refractivity contribution in [3.05, 3.63) is 34.6 Å². The lowest BCUT2D eigenvalue weighted by Gasteiger charge is -2.32. The second-order valence-corrected chi connectivity index (χ2v) is 5.06. The van der Waals surface area contributed by atoms with Gasteiger partial charge in [-0.3, -0.25) is 4.79 Å². The number of hydrogen-bond donors (Lipinski definition) is 2. The van der Waals surface area contributed by atoms with Crippen molar-refractivity contribution < 1.29 is 9.18 Å². The lowest BCUT2D eigenvalue weighted by atomic mass is 9.83. The molecule has 3 nitrogen and oxygen atoms in total. The van der Waals surface area contributed by atoms with Gasteiger partial charge in [0.2, 0.25) is 5.91 Å². The third-order valence-corrected chi connectivity index (χ3v) is 3.62.